The third kappa shape index (κ3) is 3.43. The average molecular weight is 140 g/mol. The Balaban J connectivity index is 3.70. The molecule has 2 nitrogen and oxygen atoms in total. The lowest BCUT2D eigenvalue weighted by Crippen LogP contribution is -2.33. The Morgan fingerprint density at radius 1 is 1.30 bits per heavy atom. The van der Waals surface area contributed by atoms with E-state index in [0.29, 0.717) is 13.1 Å². The van der Waals surface area contributed by atoms with Gasteiger partial charge in [-0.1, -0.05) is 12.2 Å². The lowest BCUT2D eigenvalue weighted by molar-refractivity contribution is 0.0579. The molecule has 1 atom stereocenters. The molecule has 0 bridgehead atoms. The van der Waals surface area contributed by atoms with Crippen LogP contribution in [0.3, 0.4) is 0 Å². The maximum absolute atomic E-state index is 8.99. The van der Waals surface area contributed by atoms with Crippen molar-refractivity contribution in [2.75, 3.05) is 13.1 Å². The van der Waals surface area contributed by atoms with Gasteiger partial charge in [-0.3, -0.25) is 4.90 Å². The van der Waals surface area contributed by atoms with Gasteiger partial charge in [-0.05, 0) is 6.92 Å². The van der Waals surface area contributed by atoms with Gasteiger partial charge in [0, 0.05) is 13.1 Å². The van der Waals surface area contributed by atoms with Gasteiger partial charge >= 0.3 is 0 Å². The third-order valence-corrected chi connectivity index (χ3v) is 1.15. The minimum atomic E-state index is -0.670. The van der Waals surface area contributed by atoms with Gasteiger partial charge in [0.2, 0.25) is 0 Å². The predicted octanol–water partition coefficient (Wildman–Crippen LogP) is 0.813. The highest BCUT2D eigenvalue weighted by molar-refractivity contribution is 4.81. The van der Waals surface area contributed by atoms with Crippen molar-refractivity contribution in [2.24, 2.45) is 0 Å². The van der Waals surface area contributed by atoms with E-state index in [4.69, 9.17) is 5.11 Å². The lowest BCUT2D eigenvalue weighted by Gasteiger charge is -2.21. The number of hydrogen-bond acceptors (Lipinski definition) is 2. The molecule has 10 heavy (non-hydrogen) atoms. The molecule has 57 valence electrons. The average Bonchev–Trinajstić information content (AvgIpc) is 1.87. The van der Waals surface area contributed by atoms with Crippen LogP contribution in [0.25, 0.3) is 0 Å². The first kappa shape index (κ1) is 9.40. The van der Waals surface area contributed by atoms with E-state index < -0.39 is 6.23 Å². The van der Waals surface area contributed by atoms with Crippen molar-refractivity contribution in [3.8, 4) is 0 Å². The van der Waals surface area contributed by atoms with Crippen LogP contribution in [0.15, 0.2) is 25.3 Å². The first-order chi connectivity index (χ1) is 4.72. The summed E-state index contributed by atoms with van der Waals surface area (Å²) < 4.78 is 0. The third-order valence-electron chi connectivity index (χ3n) is 1.15. The summed E-state index contributed by atoms with van der Waals surface area (Å²) >= 11 is 0. The maximum Gasteiger partial charge on any atom is 0.108 e. The summed E-state index contributed by atoms with van der Waals surface area (Å²) in [6, 6.07) is 0. The van der Waals surface area contributed by atoms with Gasteiger partial charge in [0.05, 0.1) is 0 Å². The summed E-state index contributed by atoms with van der Waals surface area (Å²) in [5.74, 6) is 0. The molecular formula is C8H14NO. The Hall–Kier alpha value is -0.600. The second-order valence-electron chi connectivity index (χ2n) is 2.01. The smallest absolute Gasteiger partial charge is 0.108 e. The number of nitrogens with zero attached hydrogens (tertiary/aromatic N) is 1. The number of aliphatic hydroxyl groups excluding tert-OH is 1. The topological polar surface area (TPSA) is 23.5 Å². The molecule has 0 aliphatic rings. The molecule has 0 aromatic carbocycles. The molecule has 1 N–H and O–H groups in total. The summed E-state index contributed by atoms with van der Waals surface area (Å²) in [5, 5.41) is 8.99. The Morgan fingerprint density at radius 3 is 1.90 bits per heavy atom. The first-order valence-electron chi connectivity index (χ1n) is 3.19. The standard InChI is InChI=1S/C8H14NO/c1-4-6-9(7-5-2)8(3)10/h4-5,8,10H,1-3,6-7H2. The van der Waals surface area contributed by atoms with Crippen molar-refractivity contribution in [2.45, 2.75) is 6.23 Å². The van der Waals surface area contributed by atoms with Gasteiger partial charge in [-0.2, -0.15) is 0 Å². The number of aliphatic hydroxyl groups is 1. The summed E-state index contributed by atoms with van der Waals surface area (Å²) in [6.45, 7) is 11.8. The molecule has 1 unspecified atom stereocenters. The molecule has 0 amide bonds. The molecule has 0 saturated heterocycles. The van der Waals surface area contributed by atoms with Crippen LogP contribution in [0.1, 0.15) is 0 Å². The van der Waals surface area contributed by atoms with Crippen molar-refractivity contribution >= 4 is 0 Å². The van der Waals surface area contributed by atoms with E-state index in [9.17, 15) is 0 Å². The molecule has 0 fully saturated rings. The molecule has 0 aliphatic carbocycles. The van der Waals surface area contributed by atoms with Crippen LogP contribution in [0.2, 0.25) is 0 Å². The van der Waals surface area contributed by atoms with Gasteiger partial charge in [-0.25, -0.2) is 0 Å². The second kappa shape index (κ2) is 5.21. The Bertz CT molecular complexity index is 99.8. The van der Waals surface area contributed by atoms with E-state index in [2.05, 4.69) is 20.1 Å². The molecule has 0 aromatic rings. The van der Waals surface area contributed by atoms with Crippen LogP contribution in [-0.2, 0) is 0 Å². The Labute approximate surface area is 62.5 Å². The van der Waals surface area contributed by atoms with E-state index in [1.807, 2.05) is 0 Å². The second-order valence-corrected chi connectivity index (χ2v) is 2.01. The van der Waals surface area contributed by atoms with Crippen LogP contribution in [-0.4, -0.2) is 29.3 Å². The molecule has 1 radical (unpaired) electrons. The normalized spacial score (nSPS) is 13.1. The minimum Gasteiger partial charge on any atom is -0.378 e. The molecule has 0 saturated carbocycles. The monoisotopic (exact) mass is 140 g/mol. The van der Waals surface area contributed by atoms with Crippen LogP contribution >= 0.6 is 0 Å². The zero-order valence-electron chi connectivity index (χ0n) is 6.16. The molecular weight excluding hydrogens is 126 g/mol. The highest BCUT2D eigenvalue weighted by Crippen LogP contribution is 1.93. The van der Waals surface area contributed by atoms with Crippen LogP contribution in [0, 0.1) is 6.92 Å². The van der Waals surface area contributed by atoms with Crippen molar-refractivity contribution < 1.29 is 5.11 Å². The van der Waals surface area contributed by atoms with Crippen molar-refractivity contribution in [1.29, 1.82) is 0 Å². The summed E-state index contributed by atoms with van der Waals surface area (Å²) in [4.78, 5) is 1.74. The molecule has 0 spiro atoms. The molecule has 0 heterocycles. The van der Waals surface area contributed by atoms with E-state index in [0.717, 1.165) is 0 Å². The van der Waals surface area contributed by atoms with Crippen molar-refractivity contribution in [3.63, 3.8) is 0 Å². The SMILES string of the molecule is [CH2]C(O)N(CC=C)CC=C. The van der Waals surface area contributed by atoms with Gasteiger partial charge in [0.25, 0.3) is 0 Å². The van der Waals surface area contributed by atoms with Gasteiger partial charge < -0.3 is 5.11 Å². The molecule has 0 aliphatic heterocycles. The van der Waals surface area contributed by atoms with E-state index in [1.54, 1.807) is 17.1 Å². The van der Waals surface area contributed by atoms with Crippen molar-refractivity contribution in [3.05, 3.63) is 32.2 Å². The predicted molar refractivity (Wildman–Crippen MR) is 43.3 cm³/mol. The first-order valence-corrected chi connectivity index (χ1v) is 3.19. The van der Waals surface area contributed by atoms with Crippen LogP contribution in [0.5, 0.6) is 0 Å². The van der Waals surface area contributed by atoms with Gasteiger partial charge in [-0.15, -0.1) is 13.2 Å². The van der Waals surface area contributed by atoms with Gasteiger partial charge in [0.15, 0.2) is 0 Å². The van der Waals surface area contributed by atoms with E-state index in [-0.39, 0.29) is 0 Å². The van der Waals surface area contributed by atoms with Gasteiger partial charge in [0.1, 0.15) is 6.23 Å². The highest BCUT2D eigenvalue weighted by Gasteiger charge is 2.04. The van der Waals surface area contributed by atoms with Crippen LogP contribution < -0.4 is 0 Å². The maximum atomic E-state index is 8.99. The number of hydrogen-bond donors (Lipinski definition) is 1. The van der Waals surface area contributed by atoms with E-state index >= 15 is 0 Å². The summed E-state index contributed by atoms with van der Waals surface area (Å²) in [7, 11) is 0. The highest BCUT2D eigenvalue weighted by atomic mass is 16.3. The molecule has 2 heteroatoms. The minimum absolute atomic E-state index is 0.636. The summed E-state index contributed by atoms with van der Waals surface area (Å²) in [6.07, 6.45) is 2.77. The largest absolute Gasteiger partial charge is 0.378 e. The van der Waals surface area contributed by atoms with Crippen LogP contribution in [0.4, 0.5) is 0 Å². The quantitative estimate of drug-likeness (QED) is 0.451. The van der Waals surface area contributed by atoms with Crippen molar-refractivity contribution in [1.82, 2.24) is 4.90 Å². The molecule has 0 rings (SSSR count). The fourth-order valence-corrected chi connectivity index (χ4v) is 0.650. The fourth-order valence-electron chi connectivity index (χ4n) is 0.650. The Kier molecular flexibility index (Phi) is 4.89. The summed E-state index contributed by atoms with van der Waals surface area (Å²) in [5.41, 5.74) is 0. The zero-order chi connectivity index (χ0) is 7.98. The Morgan fingerprint density at radius 2 is 1.70 bits per heavy atom. The number of rotatable bonds is 5. The zero-order valence-corrected chi connectivity index (χ0v) is 6.16. The fraction of sp³-hybridized carbons (Fsp3) is 0.375. The lowest BCUT2D eigenvalue weighted by atomic mass is 10.4. The van der Waals surface area contributed by atoms with E-state index in [1.165, 1.54) is 0 Å². The molecule has 0 aromatic heterocycles.